The van der Waals surface area contributed by atoms with Gasteiger partial charge in [-0.15, -0.1) is 22.6 Å². The predicted molar refractivity (Wildman–Crippen MR) is 118 cm³/mol. The third-order valence-corrected chi connectivity index (χ3v) is 6.09. The Balaban J connectivity index is 0.00000256. The zero-order valence-corrected chi connectivity index (χ0v) is 18.9. The molecule has 30 heavy (non-hydrogen) atoms. The van der Waals surface area contributed by atoms with Crippen LogP contribution in [0.1, 0.15) is 61.3 Å². The molecule has 0 spiro atoms. The van der Waals surface area contributed by atoms with E-state index in [1.54, 1.807) is 0 Å². The van der Waals surface area contributed by atoms with Crippen molar-refractivity contribution in [2.24, 2.45) is 0 Å². The fourth-order valence-electron chi connectivity index (χ4n) is 4.43. The van der Waals surface area contributed by atoms with Crippen molar-refractivity contribution in [3.8, 4) is 5.75 Å². The molecule has 0 saturated carbocycles. The number of nitrogens with one attached hydrogen (secondary N) is 1. The molecule has 1 aromatic heterocycles. The van der Waals surface area contributed by atoms with E-state index < -0.39 is 0 Å². The topological polar surface area (TPSA) is 72.3 Å². The second-order valence-corrected chi connectivity index (χ2v) is 8.42. The first-order valence-electron chi connectivity index (χ1n) is 10.7. The number of hydrogen-bond acceptors (Lipinski definition) is 5. The van der Waals surface area contributed by atoms with E-state index in [4.69, 9.17) is 4.74 Å². The maximum Gasteiger partial charge on any atom is 0.260 e. The lowest BCUT2D eigenvalue weighted by Gasteiger charge is -2.32. The van der Waals surface area contributed by atoms with Crippen molar-refractivity contribution < 1.29 is 9.53 Å². The fraction of sp³-hybridized carbons (Fsp3) is 0.591. The van der Waals surface area contributed by atoms with Gasteiger partial charge in [0, 0.05) is 32.1 Å². The molecule has 1 N–H and O–H groups in total. The summed E-state index contributed by atoms with van der Waals surface area (Å²) in [5, 5.41) is 12.1. The number of aryl methyl sites for hydroxylation is 1. The van der Waals surface area contributed by atoms with Gasteiger partial charge in [-0.25, -0.2) is 0 Å². The quantitative estimate of drug-likeness (QED) is 0.784. The summed E-state index contributed by atoms with van der Waals surface area (Å²) in [6.45, 7) is 10.7. The van der Waals surface area contributed by atoms with Crippen LogP contribution in [0.15, 0.2) is 18.2 Å². The lowest BCUT2D eigenvalue weighted by Crippen LogP contribution is -2.41. The summed E-state index contributed by atoms with van der Waals surface area (Å²) < 4.78 is 8.04. The minimum Gasteiger partial charge on any atom is -0.484 e. The Morgan fingerprint density at radius 2 is 2.00 bits per heavy atom. The number of piperidine rings is 1. The van der Waals surface area contributed by atoms with E-state index in [-0.39, 0.29) is 24.9 Å². The van der Waals surface area contributed by atoms with Gasteiger partial charge in [0.05, 0.1) is 6.54 Å². The van der Waals surface area contributed by atoms with Crippen molar-refractivity contribution in [1.82, 2.24) is 25.0 Å². The number of rotatable bonds is 5. The summed E-state index contributed by atoms with van der Waals surface area (Å²) in [4.78, 5) is 14.5. The van der Waals surface area contributed by atoms with Gasteiger partial charge < -0.3 is 19.5 Å². The number of amides is 1. The van der Waals surface area contributed by atoms with Crippen LogP contribution in [0.3, 0.4) is 0 Å². The number of fused-ring (bicyclic) bond motifs is 1. The summed E-state index contributed by atoms with van der Waals surface area (Å²) in [6.07, 6.45) is 1.86. The molecule has 1 saturated heterocycles. The molecule has 1 aromatic carbocycles. The fourth-order valence-corrected chi connectivity index (χ4v) is 4.43. The molecule has 2 aromatic rings. The number of benzene rings is 1. The van der Waals surface area contributed by atoms with Gasteiger partial charge in [0.25, 0.3) is 5.91 Å². The summed E-state index contributed by atoms with van der Waals surface area (Å²) in [6, 6.07) is 6.09. The molecule has 2 aliphatic heterocycles. The van der Waals surface area contributed by atoms with Crippen molar-refractivity contribution in [2.75, 3.05) is 26.2 Å². The van der Waals surface area contributed by atoms with Crippen molar-refractivity contribution in [1.29, 1.82) is 0 Å². The smallest absolute Gasteiger partial charge is 0.260 e. The molecular formula is C22H32ClN5O2. The van der Waals surface area contributed by atoms with Gasteiger partial charge in [0.2, 0.25) is 0 Å². The molecule has 7 nitrogen and oxygen atoms in total. The van der Waals surface area contributed by atoms with E-state index in [0.717, 1.165) is 63.0 Å². The van der Waals surface area contributed by atoms with E-state index in [2.05, 4.69) is 46.9 Å². The zero-order chi connectivity index (χ0) is 20.4. The molecule has 2 aliphatic rings. The monoisotopic (exact) mass is 433 g/mol. The Hall–Kier alpha value is -2.12. The molecular weight excluding hydrogens is 402 g/mol. The zero-order valence-electron chi connectivity index (χ0n) is 18.1. The van der Waals surface area contributed by atoms with Gasteiger partial charge in [-0.2, -0.15) is 0 Å². The van der Waals surface area contributed by atoms with E-state index in [9.17, 15) is 4.79 Å². The van der Waals surface area contributed by atoms with Gasteiger partial charge in [0.1, 0.15) is 17.4 Å². The van der Waals surface area contributed by atoms with Crippen molar-refractivity contribution in [3.05, 3.63) is 41.0 Å². The second kappa shape index (κ2) is 9.79. The number of likely N-dealkylation sites (tertiary alicyclic amines) is 1. The lowest BCUT2D eigenvalue weighted by molar-refractivity contribution is -0.134. The van der Waals surface area contributed by atoms with Crippen LogP contribution in [0.25, 0.3) is 0 Å². The van der Waals surface area contributed by atoms with Crippen LogP contribution >= 0.6 is 12.4 Å². The normalized spacial score (nSPS) is 16.9. The summed E-state index contributed by atoms with van der Waals surface area (Å²) in [7, 11) is 0. The highest BCUT2D eigenvalue weighted by molar-refractivity contribution is 5.85. The number of carbonyl (C=O) groups excluding carboxylic acids is 1. The van der Waals surface area contributed by atoms with Crippen LogP contribution in [0.4, 0.5) is 0 Å². The maximum absolute atomic E-state index is 12.6. The average Bonchev–Trinajstić information content (AvgIpc) is 3.16. The first kappa shape index (κ1) is 22.6. The van der Waals surface area contributed by atoms with Crippen molar-refractivity contribution >= 4 is 18.3 Å². The Kier molecular flexibility index (Phi) is 7.36. The van der Waals surface area contributed by atoms with Gasteiger partial charge in [-0.1, -0.05) is 19.9 Å². The number of carbonyl (C=O) groups is 1. The van der Waals surface area contributed by atoms with Gasteiger partial charge in [-0.3, -0.25) is 4.79 Å². The number of nitrogens with zero attached hydrogens (tertiary/aromatic N) is 4. The Bertz CT molecular complexity index is 874. The standard InChI is InChI=1S/C22H31N5O2.ClH/c1-15(2)19-5-4-18(12-16(19)3)29-14-21(28)26-9-6-17(7-10-26)22-25-24-20-13-23-8-11-27(20)22;/h4-5,12,15,17,23H,6-11,13-14H2,1-3H3;1H. The van der Waals surface area contributed by atoms with Crippen LogP contribution in [-0.2, 0) is 17.9 Å². The first-order valence-corrected chi connectivity index (χ1v) is 10.7. The molecule has 164 valence electrons. The number of hydrogen-bond donors (Lipinski definition) is 1. The average molecular weight is 434 g/mol. The summed E-state index contributed by atoms with van der Waals surface area (Å²) in [5.74, 6) is 3.80. The van der Waals surface area contributed by atoms with Crippen molar-refractivity contribution in [3.63, 3.8) is 0 Å². The molecule has 4 rings (SSSR count). The molecule has 0 aliphatic carbocycles. The van der Waals surface area contributed by atoms with Crippen LogP contribution in [0.5, 0.6) is 5.75 Å². The summed E-state index contributed by atoms with van der Waals surface area (Å²) in [5.41, 5.74) is 2.52. The van der Waals surface area contributed by atoms with Gasteiger partial charge in [0.15, 0.2) is 6.61 Å². The molecule has 8 heteroatoms. The Morgan fingerprint density at radius 3 is 2.70 bits per heavy atom. The Labute approximate surface area is 184 Å². The first-order chi connectivity index (χ1) is 14.0. The summed E-state index contributed by atoms with van der Waals surface area (Å²) >= 11 is 0. The minimum absolute atomic E-state index is 0. The molecule has 0 unspecified atom stereocenters. The van der Waals surface area contributed by atoms with Gasteiger partial charge in [-0.05, 0) is 48.9 Å². The number of aromatic nitrogens is 3. The largest absolute Gasteiger partial charge is 0.484 e. The Morgan fingerprint density at radius 1 is 1.23 bits per heavy atom. The highest BCUT2D eigenvalue weighted by Crippen LogP contribution is 2.28. The SMILES string of the molecule is Cc1cc(OCC(=O)N2CCC(c3nnc4n3CCNC4)CC2)ccc1C(C)C.Cl. The third kappa shape index (κ3) is 4.78. The molecule has 0 atom stereocenters. The lowest BCUT2D eigenvalue weighted by atomic mass is 9.95. The highest BCUT2D eigenvalue weighted by atomic mass is 35.5. The molecule has 0 radical (unpaired) electrons. The number of halogens is 1. The van der Waals surface area contributed by atoms with Crippen LogP contribution in [-0.4, -0.2) is 51.8 Å². The maximum atomic E-state index is 12.6. The van der Waals surface area contributed by atoms with E-state index in [1.165, 1.54) is 11.1 Å². The number of ether oxygens (including phenoxy) is 1. The second-order valence-electron chi connectivity index (χ2n) is 8.42. The van der Waals surface area contributed by atoms with E-state index in [0.29, 0.717) is 11.8 Å². The van der Waals surface area contributed by atoms with Crippen molar-refractivity contribution in [2.45, 2.75) is 58.5 Å². The van der Waals surface area contributed by atoms with Crippen LogP contribution in [0, 0.1) is 6.92 Å². The van der Waals surface area contributed by atoms with E-state index >= 15 is 0 Å². The molecule has 1 amide bonds. The minimum atomic E-state index is 0. The van der Waals surface area contributed by atoms with E-state index in [1.807, 2.05) is 17.0 Å². The predicted octanol–water partition coefficient (Wildman–Crippen LogP) is 3.02. The molecule has 0 bridgehead atoms. The van der Waals surface area contributed by atoms with Crippen LogP contribution < -0.4 is 10.1 Å². The third-order valence-electron chi connectivity index (χ3n) is 6.09. The van der Waals surface area contributed by atoms with Crippen LogP contribution in [0.2, 0.25) is 0 Å². The molecule has 3 heterocycles. The highest BCUT2D eigenvalue weighted by Gasteiger charge is 2.28. The van der Waals surface area contributed by atoms with Gasteiger partial charge >= 0.3 is 0 Å². The molecule has 1 fully saturated rings.